The first-order valence-corrected chi connectivity index (χ1v) is 3.83. The first kappa shape index (κ1) is 8.87. The standard InChI is InChI=1S/C9H12N2O/c1-6-3-4-8(11-5-6)9(12)7(2)10/h3-5,7H,10H2,1-2H3. The minimum Gasteiger partial charge on any atom is -0.321 e. The molecule has 1 atom stereocenters. The molecule has 64 valence electrons. The molecule has 3 heteroatoms. The Kier molecular flexibility index (Phi) is 2.55. The van der Waals surface area contributed by atoms with E-state index in [1.807, 2.05) is 13.0 Å². The van der Waals surface area contributed by atoms with E-state index in [1.165, 1.54) is 0 Å². The summed E-state index contributed by atoms with van der Waals surface area (Å²) in [7, 11) is 0. The zero-order chi connectivity index (χ0) is 9.14. The molecule has 0 amide bonds. The number of ketones is 1. The van der Waals surface area contributed by atoms with Crippen molar-refractivity contribution < 1.29 is 4.79 Å². The van der Waals surface area contributed by atoms with Crippen molar-refractivity contribution in [2.75, 3.05) is 0 Å². The van der Waals surface area contributed by atoms with Crippen LogP contribution in [0.1, 0.15) is 23.0 Å². The van der Waals surface area contributed by atoms with E-state index in [4.69, 9.17) is 5.73 Å². The van der Waals surface area contributed by atoms with Gasteiger partial charge in [-0.05, 0) is 25.5 Å². The smallest absolute Gasteiger partial charge is 0.197 e. The molecule has 1 aromatic rings. The van der Waals surface area contributed by atoms with Gasteiger partial charge in [-0.15, -0.1) is 0 Å². The van der Waals surface area contributed by atoms with Crippen LogP contribution in [0.15, 0.2) is 18.3 Å². The van der Waals surface area contributed by atoms with Crippen LogP contribution in [0.4, 0.5) is 0 Å². The van der Waals surface area contributed by atoms with Gasteiger partial charge in [0.1, 0.15) is 5.69 Å². The number of hydrogen-bond donors (Lipinski definition) is 1. The van der Waals surface area contributed by atoms with Gasteiger partial charge in [0.05, 0.1) is 6.04 Å². The number of aromatic nitrogens is 1. The molecule has 0 radical (unpaired) electrons. The lowest BCUT2D eigenvalue weighted by Crippen LogP contribution is -2.27. The third-order valence-corrected chi connectivity index (χ3v) is 1.58. The Hall–Kier alpha value is -1.22. The average molecular weight is 164 g/mol. The van der Waals surface area contributed by atoms with Crippen LogP contribution in [0, 0.1) is 6.92 Å². The van der Waals surface area contributed by atoms with Gasteiger partial charge >= 0.3 is 0 Å². The quantitative estimate of drug-likeness (QED) is 0.661. The number of Topliss-reactive ketones (excluding diaryl/α,β-unsaturated/α-hetero) is 1. The molecule has 0 spiro atoms. The summed E-state index contributed by atoms with van der Waals surface area (Å²) in [5.74, 6) is -0.116. The van der Waals surface area contributed by atoms with Gasteiger partial charge in [0.25, 0.3) is 0 Å². The Labute approximate surface area is 71.6 Å². The highest BCUT2D eigenvalue weighted by atomic mass is 16.1. The molecule has 12 heavy (non-hydrogen) atoms. The van der Waals surface area contributed by atoms with E-state index in [0.717, 1.165) is 5.56 Å². The zero-order valence-electron chi connectivity index (χ0n) is 7.24. The number of aryl methyl sites for hydroxylation is 1. The van der Waals surface area contributed by atoms with E-state index < -0.39 is 6.04 Å². The molecule has 0 aliphatic heterocycles. The summed E-state index contributed by atoms with van der Waals surface area (Å²) in [6.45, 7) is 3.58. The summed E-state index contributed by atoms with van der Waals surface area (Å²) in [5, 5.41) is 0. The SMILES string of the molecule is Cc1ccc(C(=O)C(C)N)nc1. The van der Waals surface area contributed by atoms with Crippen LogP contribution in [-0.2, 0) is 0 Å². The molecule has 0 aromatic carbocycles. The Bertz CT molecular complexity index is 277. The molecule has 2 N–H and O–H groups in total. The molecule has 0 fully saturated rings. The second-order valence-electron chi connectivity index (χ2n) is 2.87. The number of rotatable bonds is 2. The second kappa shape index (κ2) is 3.45. The monoisotopic (exact) mass is 164 g/mol. The first-order valence-electron chi connectivity index (χ1n) is 3.83. The van der Waals surface area contributed by atoms with Crippen LogP contribution in [0.2, 0.25) is 0 Å². The van der Waals surface area contributed by atoms with Crippen molar-refractivity contribution in [2.45, 2.75) is 19.9 Å². The highest BCUT2D eigenvalue weighted by Crippen LogP contribution is 2.00. The molecule has 0 saturated carbocycles. The fourth-order valence-electron chi connectivity index (χ4n) is 0.847. The van der Waals surface area contributed by atoms with Crippen molar-refractivity contribution in [3.05, 3.63) is 29.6 Å². The van der Waals surface area contributed by atoms with Gasteiger partial charge in [-0.2, -0.15) is 0 Å². The van der Waals surface area contributed by atoms with Gasteiger partial charge in [-0.25, -0.2) is 0 Å². The van der Waals surface area contributed by atoms with Gasteiger partial charge in [0.15, 0.2) is 5.78 Å². The van der Waals surface area contributed by atoms with Crippen LogP contribution >= 0.6 is 0 Å². The number of carbonyl (C=O) groups is 1. The predicted molar refractivity (Wildman–Crippen MR) is 47.0 cm³/mol. The first-order chi connectivity index (χ1) is 5.61. The number of hydrogen-bond acceptors (Lipinski definition) is 3. The van der Waals surface area contributed by atoms with Gasteiger partial charge in [0, 0.05) is 6.20 Å². The van der Waals surface area contributed by atoms with Crippen molar-refractivity contribution in [1.29, 1.82) is 0 Å². The summed E-state index contributed by atoms with van der Waals surface area (Å²) in [6, 6.07) is 3.07. The van der Waals surface area contributed by atoms with Crippen molar-refractivity contribution >= 4 is 5.78 Å². The third kappa shape index (κ3) is 1.89. The van der Waals surface area contributed by atoms with Crippen molar-refractivity contribution in [1.82, 2.24) is 4.98 Å². The fourth-order valence-corrected chi connectivity index (χ4v) is 0.847. The van der Waals surface area contributed by atoms with E-state index in [1.54, 1.807) is 19.2 Å². The molecule has 0 saturated heterocycles. The van der Waals surface area contributed by atoms with E-state index in [0.29, 0.717) is 5.69 Å². The minimum absolute atomic E-state index is 0.116. The maximum Gasteiger partial charge on any atom is 0.197 e. The molecule has 0 aliphatic rings. The zero-order valence-corrected chi connectivity index (χ0v) is 7.24. The van der Waals surface area contributed by atoms with E-state index in [9.17, 15) is 4.79 Å². The Morgan fingerprint density at radius 3 is 2.67 bits per heavy atom. The fraction of sp³-hybridized carbons (Fsp3) is 0.333. The van der Waals surface area contributed by atoms with Crippen LogP contribution in [0.25, 0.3) is 0 Å². The molecule has 3 nitrogen and oxygen atoms in total. The summed E-state index contributed by atoms with van der Waals surface area (Å²) in [4.78, 5) is 15.2. The van der Waals surface area contributed by atoms with Gasteiger partial charge in [-0.3, -0.25) is 9.78 Å². The lowest BCUT2D eigenvalue weighted by atomic mass is 10.1. The predicted octanol–water partition coefficient (Wildman–Crippen LogP) is 0.920. The topological polar surface area (TPSA) is 56.0 Å². The molecule has 1 unspecified atom stereocenters. The molecular weight excluding hydrogens is 152 g/mol. The van der Waals surface area contributed by atoms with Crippen molar-refractivity contribution in [3.63, 3.8) is 0 Å². The average Bonchev–Trinajstić information content (AvgIpc) is 2.04. The van der Waals surface area contributed by atoms with Gasteiger partial charge in [-0.1, -0.05) is 6.07 Å². The highest BCUT2D eigenvalue weighted by Gasteiger charge is 2.10. The second-order valence-corrected chi connectivity index (χ2v) is 2.87. The van der Waals surface area contributed by atoms with Crippen LogP contribution < -0.4 is 5.73 Å². The van der Waals surface area contributed by atoms with E-state index in [-0.39, 0.29) is 5.78 Å². The molecule has 0 bridgehead atoms. The lowest BCUT2D eigenvalue weighted by Gasteiger charge is -2.02. The number of carbonyl (C=O) groups excluding carboxylic acids is 1. The Morgan fingerprint density at radius 2 is 2.25 bits per heavy atom. The van der Waals surface area contributed by atoms with Crippen molar-refractivity contribution in [2.24, 2.45) is 5.73 Å². The summed E-state index contributed by atoms with van der Waals surface area (Å²) < 4.78 is 0. The molecule has 1 aromatic heterocycles. The van der Waals surface area contributed by atoms with Crippen LogP contribution in [0.5, 0.6) is 0 Å². The molecular formula is C9H12N2O. The van der Waals surface area contributed by atoms with Crippen molar-refractivity contribution in [3.8, 4) is 0 Å². The summed E-state index contributed by atoms with van der Waals surface area (Å²) in [6.07, 6.45) is 1.66. The molecule has 1 heterocycles. The normalized spacial score (nSPS) is 12.6. The molecule has 0 aliphatic carbocycles. The Balaban J connectivity index is 2.90. The number of pyridine rings is 1. The largest absolute Gasteiger partial charge is 0.321 e. The van der Waals surface area contributed by atoms with E-state index >= 15 is 0 Å². The summed E-state index contributed by atoms with van der Waals surface area (Å²) >= 11 is 0. The minimum atomic E-state index is -0.472. The van der Waals surface area contributed by atoms with Gasteiger partial charge < -0.3 is 5.73 Å². The number of nitrogens with two attached hydrogens (primary N) is 1. The Morgan fingerprint density at radius 1 is 1.58 bits per heavy atom. The molecule has 1 rings (SSSR count). The number of nitrogens with zero attached hydrogens (tertiary/aromatic N) is 1. The maximum atomic E-state index is 11.3. The van der Waals surface area contributed by atoms with Gasteiger partial charge in [0.2, 0.25) is 0 Å². The van der Waals surface area contributed by atoms with E-state index in [2.05, 4.69) is 4.98 Å². The van der Waals surface area contributed by atoms with Crippen LogP contribution in [0.3, 0.4) is 0 Å². The third-order valence-electron chi connectivity index (χ3n) is 1.58. The van der Waals surface area contributed by atoms with Crippen LogP contribution in [-0.4, -0.2) is 16.8 Å². The lowest BCUT2D eigenvalue weighted by molar-refractivity contribution is 0.0963. The summed E-state index contributed by atoms with van der Waals surface area (Å²) in [5.41, 5.74) is 6.90. The highest BCUT2D eigenvalue weighted by molar-refractivity contribution is 5.97. The maximum absolute atomic E-state index is 11.3.